The first-order valence-electron chi connectivity index (χ1n) is 7.11. The number of rotatable bonds is 6. The molecule has 20 heavy (non-hydrogen) atoms. The standard InChI is InChI=1S/C16H21N3O/c1-3-19(4-2)15(20)10-12-18-16-14-8-6-5-7-13(14)9-11-17-16/h5-9,11H,3-4,10,12H2,1-2H3,(H,17,18). The minimum Gasteiger partial charge on any atom is -0.369 e. The Morgan fingerprint density at radius 1 is 1.20 bits per heavy atom. The predicted molar refractivity (Wildman–Crippen MR) is 82.8 cm³/mol. The Morgan fingerprint density at radius 3 is 2.70 bits per heavy atom. The summed E-state index contributed by atoms with van der Waals surface area (Å²) in [7, 11) is 0. The number of nitrogens with zero attached hydrogens (tertiary/aromatic N) is 2. The summed E-state index contributed by atoms with van der Waals surface area (Å²) in [6, 6.07) is 10.1. The van der Waals surface area contributed by atoms with Crippen LogP contribution < -0.4 is 5.32 Å². The highest BCUT2D eigenvalue weighted by Gasteiger charge is 2.09. The molecule has 0 fully saturated rings. The fraction of sp³-hybridized carbons (Fsp3) is 0.375. The molecule has 0 atom stereocenters. The molecule has 0 bridgehead atoms. The van der Waals surface area contributed by atoms with E-state index in [1.807, 2.05) is 43.0 Å². The van der Waals surface area contributed by atoms with Crippen LogP contribution in [0.25, 0.3) is 10.8 Å². The van der Waals surface area contributed by atoms with Gasteiger partial charge >= 0.3 is 0 Å². The molecule has 0 saturated carbocycles. The highest BCUT2D eigenvalue weighted by molar-refractivity contribution is 5.91. The van der Waals surface area contributed by atoms with E-state index in [9.17, 15) is 4.79 Å². The maximum absolute atomic E-state index is 11.9. The summed E-state index contributed by atoms with van der Waals surface area (Å²) in [5.41, 5.74) is 0. The van der Waals surface area contributed by atoms with E-state index < -0.39 is 0 Å². The van der Waals surface area contributed by atoms with Gasteiger partial charge in [-0.15, -0.1) is 0 Å². The first kappa shape index (κ1) is 14.3. The Labute approximate surface area is 119 Å². The van der Waals surface area contributed by atoms with Gasteiger partial charge in [-0.25, -0.2) is 4.98 Å². The topological polar surface area (TPSA) is 45.2 Å². The lowest BCUT2D eigenvalue weighted by molar-refractivity contribution is -0.130. The zero-order valence-corrected chi connectivity index (χ0v) is 12.1. The Hall–Kier alpha value is -2.10. The average Bonchev–Trinajstić information content (AvgIpc) is 2.49. The first-order chi connectivity index (χ1) is 9.76. The van der Waals surface area contributed by atoms with E-state index in [-0.39, 0.29) is 5.91 Å². The lowest BCUT2D eigenvalue weighted by Gasteiger charge is -2.18. The minimum atomic E-state index is 0.183. The van der Waals surface area contributed by atoms with Crippen molar-refractivity contribution in [3.63, 3.8) is 0 Å². The lowest BCUT2D eigenvalue weighted by Crippen LogP contribution is -2.31. The predicted octanol–water partition coefficient (Wildman–Crippen LogP) is 2.91. The fourth-order valence-corrected chi connectivity index (χ4v) is 2.28. The van der Waals surface area contributed by atoms with E-state index in [0.29, 0.717) is 13.0 Å². The van der Waals surface area contributed by atoms with Gasteiger partial charge in [0.15, 0.2) is 0 Å². The van der Waals surface area contributed by atoms with Gasteiger partial charge in [0.05, 0.1) is 0 Å². The molecule has 0 unspecified atom stereocenters. The Balaban J connectivity index is 1.98. The molecule has 1 aromatic carbocycles. The van der Waals surface area contributed by atoms with E-state index >= 15 is 0 Å². The highest BCUT2D eigenvalue weighted by Crippen LogP contribution is 2.20. The number of anilines is 1. The number of carbonyl (C=O) groups excluding carboxylic acids is 1. The summed E-state index contributed by atoms with van der Waals surface area (Å²) in [5.74, 6) is 1.03. The van der Waals surface area contributed by atoms with Crippen LogP contribution in [0.2, 0.25) is 0 Å². The smallest absolute Gasteiger partial charge is 0.224 e. The molecule has 0 aliphatic rings. The summed E-state index contributed by atoms with van der Waals surface area (Å²) >= 11 is 0. The number of carbonyl (C=O) groups is 1. The Kier molecular flexibility index (Phi) is 4.93. The van der Waals surface area contributed by atoms with Crippen LogP contribution in [-0.2, 0) is 4.79 Å². The zero-order valence-electron chi connectivity index (χ0n) is 12.1. The van der Waals surface area contributed by atoms with Gasteiger partial charge in [0, 0.05) is 37.6 Å². The van der Waals surface area contributed by atoms with Crippen LogP contribution in [0, 0.1) is 0 Å². The maximum atomic E-state index is 11.9. The molecule has 4 nitrogen and oxygen atoms in total. The molecule has 0 spiro atoms. The Morgan fingerprint density at radius 2 is 1.95 bits per heavy atom. The average molecular weight is 271 g/mol. The van der Waals surface area contributed by atoms with Gasteiger partial charge in [-0.05, 0) is 25.3 Å². The van der Waals surface area contributed by atoms with Gasteiger partial charge in [-0.3, -0.25) is 4.79 Å². The van der Waals surface area contributed by atoms with Crippen molar-refractivity contribution in [3.05, 3.63) is 36.5 Å². The first-order valence-corrected chi connectivity index (χ1v) is 7.11. The van der Waals surface area contributed by atoms with E-state index in [1.54, 1.807) is 6.20 Å². The van der Waals surface area contributed by atoms with Crippen LogP contribution in [0.4, 0.5) is 5.82 Å². The summed E-state index contributed by atoms with van der Waals surface area (Å²) in [6.45, 7) is 6.14. The highest BCUT2D eigenvalue weighted by atomic mass is 16.2. The Bertz CT molecular complexity index is 573. The number of hydrogen-bond acceptors (Lipinski definition) is 3. The minimum absolute atomic E-state index is 0.183. The van der Waals surface area contributed by atoms with E-state index in [0.717, 1.165) is 29.7 Å². The third-order valence-electron chi connectivity index (χ3n) is 3.42. The number of pyridine rings is 1. The van der Waals surface area contributed by atoms with Crippen molar-refractivity contribution in [1.82, 2.24) is 9.88 Å². The maximum Gasteiger partial charge on any atom is 0.224 e. The third kappa shape index (κ3) is 3.26. The molecule has 0 radical (unpaired) electrons. The summed E-state index contributed by atoms with van der Waals surface area (Å²) in [4.78, 5) is 18.1. The number of aromatic nitrogens is 1. The van der Waals surface area contributed by atoms with Crippen molar-refractivity contribution in [1.29, 1.82) is 0 Å². The van der Waals surface area contributed by atoms with Crippen molar-refractivity contribution in [2.24, 2.45) is 0 Å². The molecule has 2 rings (SSSR count). The van der Waals surface area contributed by atoms with Crippen LogP contribution >= 0.6 is 0 Å². The van der Waals surface area contributed by atoms with Gasteiger partial charge in [0.25, 0.3) is 0 Å². The summed E-state index contributed by atoms with van der Waals surface area (Å²) in [5, 5.41) is 5.50. The molecule has 1 heterocycles. The van der Waals surface area contributed by atoms with Crippen molar-refractivity contribution in [2.75, 3.05) is 25.0 Å². The van der Waals surface area contributed by atoms with Crippen molar-refractivity contribution in [2.45, 2.75) is 20.3 Å². The van der Waals surface area contributed by atoms with Crippen LogP contribution in [0.5, 0.6) is 0 Å². The molecule has 1 amide bonds. The van der Waals surface area contributed by atoms with E-state index in [4.69, 9.17) is 0 Å². The van der Waals surface area contributed by atoms with E-state index in [2.05, 4.69) is 16.4 Å². The normalized spacial score (nSPS) is 10.5. The molecule has 0 aliphatic carbocycles. The van der Waals surface area contributed by atoms with Crippen molar-refractivity contribution < 1.29 is 4.79 Å². The third-order valence-corrected chi connectivity index (χ3v) is 3.42. The van der Waals surface area contributed by atoms with Crippen LogP contribution in [0.15, 0.2) is 36.5 Å². The molecule has 2 aromatic rings. The van der Waals surface area contributed by atoms with Gasteiger partial charge in [-0.2, -0.15) is 0 Å². The van der Waals surface area contributed by atoms with E-state index in [1.165, 1.54) is 0 Å². The largest absolute Gasteiger partial charge is 0.369 e. The zero-order chi connectivity index (χ0) is 14.4. The molecule has 106 valence electrons. The van der Waals surface area contributed by atoms with Crippen LogP contribution in [0.1, 0.15) is 20.3 Å². The second-order valence-corrected chi connectivity index (χ2v) is 4.62. The monoisotopic (exact) mass is 271 g/mol. The SMILES string of the molecule is CCN(CC)C(=O)CCNc1nccc2ccccc12. The number of benzene rings is 1. The van der Waals surface area contributed by atoms with Gasteiger partial charge in [0.2, 0.25) is 5.91 Å². The molecular formula is C16H21N3O. The molecule has 0 saturated heterocycles. The number of nitrogens with one attached hydrogen (secondary N) is 1. The van der Waals surface area contributed by atoms with Gasteiger partial charge in [0.1, 0.15) is 5.82 Å². The second kappa shape index (κ2) is 6.89. The van der Waals surface area contributed by atoms with Gasteiger partial charge in [-0.1, -0.05) is 24.3 Å². The summed E-state index contributed by atoms with van der Waals surface area (Å²) < 4.78 is 0. The lowest BCUT2D eigenvalue weighted by atomic mass is 10.1. The number of fused-ring (bicyclic) bond motifs is 1. The molecule has 0 aliphatic heterocycles. The van der Waals surface area contributed by atoms with Crippen molar-refractivity contribution in [3.8, 4) is 0 Å². The summed E-state index contributed by atoms with van der Waals surface area (Å²) in [6.07, 6.45) is 2.28. The number of hydrogen-bond donors (Lipinski definition) is 1. The van der Waals surface area contributed by atoms with Crippen LogP contribution in [-0.4, -0.2) is 35.4 Å². The molecule has 1 aromatic heterocycles. The quantitative estimate of drug-likeness (QED) is 0.878. The van der Waals surface area contributed by atoms with Gasteiger partial charge < -0.3 is 10.2 Å². The second-order valence-electron chi connectivity index (χ2n) is 4.62. The molecular weight excluding hydrogens is 250 g/mol. The van der Waals surface area contributed by atoms with Crippen molar-refractivity contribution >= 4 is 22.5 Å². The van der Waals surface area contributed by atoms with Crippen LogP contribution in [0.3, 0.4) is 0 Å². The molecule has 1 N–H and O–H groups in total. The number of amides is 1. The molecule has 4 heteroatoms. The fourth-order valence-electron chi connectivity index (χ4n) is 2.28.